The van der Waals surface area contributed by atoms with Crippen molar-refractivity contribution in [3.05, 3.63) is 59.1 Å². The molecule has 0 radical (unpaired) electrons. The van der Waals surface area contributed by atoms with Crippen LogP contribution < -0.4 is 0 Å². The van der Waals surface area contributed by atoms with Crippen molar-refractivity contribution in [1.82, 2.24) is 0 Å². The SMILES string of the molecule is CC1CC(c2ccc(Cl)cc2)=Nc2ccccc2S1. The third-order valence-electron chi connectivity index (χ3n) is 3.11. The van der Waals surface area contributed by atoms with Gasteiger partial charge in [0.05, 0.1) is 5.69 Å². The minimum absolute atomic E-state index is 0.526. The molecule has 96 valence electrons. The molecule has 0 N–H and O–H groups in total. The Labute approximate surface area is 122 Å². The smallest absolute Gasteiger partial charge is 0.0769 e. The molecule has 2 aromatic carbocycles. The van der Waals surface area contributed by atoms with Crippen molar-refractivity contribution < 1.29 is 0 Å². The molecule has 1 atom stereocenters. The summed E-state index contributed by atoms with van der Waals surface area (Å²) in [6, 6.07) is 16.3. The van der Waals surface area contributed by atoms with Crippen molar-refractivity contribution in [2.75, 3.05) is 0 Å². The molecule has 1 aliphatic heterocycles. The second-order valence-corrected chi connectivity index (χ2v) is 6.58. The fraction of sp³-hybridized carbons (Fsp3) is 0.188. The lowest BCUT2D eigenvalue weighted by molar-refractivity contribution is 1.02. The predicted molar refractivity (Wildman–Crippen MR) is 84.0 cm³/mol. The molecular weight excluding hydrogens is 274 g/mol. The van der Waals surface area contributed by atoms with E-state index in [1.165, 1.54) is 4.90 Å². The highest BCUT2D eigenvalue weighted by molar-refractivity contribution is 8.00. The van der Waals surface area contributed by atoms with Gasteiger partial charge >= 0.3 is 0 Å². The summed E-state index contributed by atoms with van der Waals surface area (Å²) in [7, 11) is 0. The monoisotopic (exact) mass is 287 g/mol. The van der Waals surface area contributed by atoms with Gasteiger partial charge in [0, 0.05) is 27.3 Å². The van der Waals surface area contributed by atoms with Crippen LogP contribution in [-0.2, 0) is 0 Å². The van der Waals surface area contributed by atoms with Crippen molar-refractivity contribution in [2.24, 2.45) is 4.99 Å². The Kier molecular flexibility index (Phi) is 3.63. The molecule has 0 aliphatic carbocycles. The second kappa shape index (κ2) is 5.40. The van der Waals surface area contributed by atoms with E-state index in [0.717, 1.165) is 28.4 Å². The van der Waals surface area contributed by atoms with Crippen LogP contribution in [-0.4, -0.2) is 11.0 Å². The Morgan fingerprint density at radius 3 is 2.63 bits per heavy atom. The number of hydrogen-bond acceptors (Lipinski definition) is 2. The first-order valence-corrected chi connectivity index (χ1v) is 7.57. The van der Waals surface area contributed by atoms with Crippen LogP contribution >= 0.6 is 23.4 Å². The lowest BCUT2D eigenvalue weighted by Gasteiger charge is -2.09. The summed E-state index contributed by atoms with van der Waals surface area (Å²) in [4.78, 5) is 6.11. The van der Waals surface area contributed by atoms with Crippen LogP contribution in [0.15, 0.2) is 58.4 Å². The van der Waals surface area contributed by atoms with Crippen LogP contribution in [0.1, 0.15) is 18.9 Å². The first-order chi connectivity index (χ1) is 9.22. The minimum atomic E-state index is 0.526. The zero-order chi connectivity index (χ0) is 13.2. The van der Waals surface area contributed by atoms with Gasteiger partial charge in [0.25, 0.3) is 0 Å². The molecule has 0 spiro atoms. The standard InChI is InChI=1S/C16H14ClNS/c1-11-10-15(12-6-8-13(17)9-7-12)18-14-4-2-3-5-16(14)19-11/h2-9,11H,10H2,1H3. The van der Waals surface area contributed by atoms with Gasteiger partial charge in [-0.2, -0.15) is 0 Å². The fourth-order valence-electron chi connectivity index (χ4n) is 2.20. The van der Waals surface area contributed by atoms with Crippen molar-refractivity contribution >= 4 is 34.8 Å². The van der Waals surface area contributed by atoms with Crippen molar-refractivity contribution in [2.45, 2.75) is 23.5 Å². The summed E-state index contributed by atoms with van der Waals surface area (Å²) < 4.78 is 0. The summed E-state index contributed by atoms with van der Waals surface area (Å²) in [6.07, 6.45) is 0.973. The van der Waals surface area contributed by atoms with Gasteiger partial charge in [0.15, 0.2) is 0 Å². The molecule has 0 aromatic heterocycles. The Bertz CT molecular complexity index is 619. The Hall–Kier alpha value is -1.25. The van der Waals surface area contributed by atoms with E-state index in [2.05, 4.69) is 25.1 Å². The molecule has 1 aliphatic rings. The van der Waals surface area contributed by atoms with E-state index in [-0.39, 0.29) is 0 Å². The van der Waals surface area contributed by atoms with Gasteiger partial charge in [-0.05, 0) is 29.8 Å². The molecule has 19 heavy (non-hydrogen) atoms. The Morgan fingerprint density at radius 2 is 1.84 bits per heavy atom. The normalized spacial score (nSPS) is 18.4. The summed E-state index contributed by atoms with van der Waals surface area (Å²) >= 11 is 7.84. The minimum Gasteiger partial charge on any atom is -0.252 e. The molecular formula is C16H14ClNS. The van der Waals surface area contributed by atoms with Crippen LogP contribution in [0.3, 0.4) is 0 Å². The first kappa shape index (κ1) is 12.8. The average Bonchev–Trinajstić information content (AvgIpc) is 2.57. The van der Waals surface area contributed by atoms with Gasteiger partial charge in [0.1, 0.15) is 0 Å². The van der Waals surface area contributed by atoms with Crippen molar-refractivity contribution in [1.29, 1.82) is 0 Å². The second-order valence-electron chi connectivity index (χ2n) is 4.67. The Balaban J connectivity index is 2.06. The number of fused-ring (bicyclic) bond motifs is 1. The third kappa shape index (κ3) is 2.85. The molecule has 1 heterocycles. The first-order valence-electron chi connectivity index (χ1n) is 6.31. The van der Waals surface area contributed by atoms with E-state index in [9.17, 15) is 0 Å². The zero-order valence-corrected chi connectivity index (χ0v) is 12.2. The van der Waals surface area contributed by atoms with E-state index < -0.39 is 0 Å². The summed E-state index contributed by atoms with van der Waals surface area (Å²) in [6.45, 7) is 2.25. The molecule has 0 fully saturated rings. The highest BCUT2D eigenvalue weighted by Gasteiger charge is 2.17. The molecule has 0 saturated heterocycles. The van der Waals surface area contributed by atoms with E-state index >= 15 is 0 Å². The van der Waals surface area contributed by atoms with Gasteiger partial charge in [0.2, 0.25) is 0 Å². The summed E-state index contributed by atoms with van der Waals surface area (Å²) in [5.74, 6) is 0. The third-order valence-corrected chi connectivity index (χ3v) is 4.53. The fourth-order valence-corrected chi connectivity index (χ4v) is 3.39. The lowest BCUT2D eigenvalue weighted by Crippen LogP contribution is -2.06. The maximum atomic E-state index is 5.95. The van der Waals surface area contributed by atoms with Crippen LogP contribution in [0.25, 0.3) is 0 Å². The van der Waals surface area contributed by atoms with E-state index in [4.69, 9.17) is 16.6 Å². The predicted octanol–water partition coefficient (Wildman–Crippen LogP) is 5.35. The molecule has 1 nitrogen and oxygen atoms in total. The Morgan fingerprint density at radius 1 is 1.11 bits per heavy atom. The molecule has 0 amide bonds. The number of hydrogen-bond donors (Lipinski definition) is 0. The molecule has 3 heteroatoms. The number of benzene rings is 2. The summed E-state index contributed by atoms with van der Waals surface area (Å²) in [5, 5.41) is 1.29. The maximum absolute atomic E-state index is 5.95. The largest absolute Gasteiger partial charge is 0.252 e. The number of para-hydroxylation sites is 1. The van der Waals surface area contributed by atoms with E-state index in [1.54, 1.807) is 0 Å². The molecule has 1 unspecified atom stereocenters. The topological polar surface area (TPSA) is 12.4 Å². The van der Waals surface area contributed by atoms with Gasteiger partial charge in [-0.1, -0.05) is 42.8 Å². The number of halogens is 1. The summed E-state index contributed by atoms with van der Waals surface area (Å²) in [5.41, 5.74) is 3.37. The van der Waals surface area contributed by atoms with Crippen LogP contribution in [0.2, 0.25) is 5.02 Å². The molecule has 0 saturated carbocycles. The number of thioether (sulfide) groups is 1. The van der Waals surface area contributed by atoms with Crippen LogP contribution in [0.5, 0.6) is 0 Å². The van der Waals surface area contributed by atoms with Gasteiger partial charge in [-0.15, -0.1) is 11.8 Å². The quantitative estimate of drug-likeness (QED) is 0.689. The van der Waals surface area contributed by atoms with Crippen molar-refractivity contribution in [3.8, 4) is 0 Å². The van der Waals surface area contributed by atoms with Crippen LogP contribution in [0.4, 0.5) is 5.69 Å². The molecule has 3 rings (SSSR count). The zero-order valence-electron chi connectivity index (χ0n) is 10.6. The van der Waals surface area contributed by atoms with E-state index in [1.807, 2.05) is 42.1 Å². The van der Waals surface area contributed by atoms with Crippen molar-refractivity contribution in [3.63, 3.8) is 0 Å². The van der Waals surface area contributed by atoms with Gasteiger partial charge in [-0.25, -0.2) is 0 Å². The van der Waals surface area contributed by atoms with E-state index in [0.29, 0.717) is 5.25 Å². The maximum Gasteiger partial charge on any atom is 0.0769 e. The molecule has 2 aromatic rings. The van der Waals surface area contributed by atoms with Crippen LogP contribution in [0, 0.1) is 0 Å². The highest BCUT2D eigenvalue weighted by Crippen LogP contribution is 2.37. The van der Waals surface area contributed by atoms with Gasteiger partial charge in [-0.3, -0.25) is 4.99 Å². The average molecular weight is 288 g/mol. The van der Waals surface area contributed by atoms with Gasteiger partial charge < -0.3 is 0 Å². The highest BCUT2D eigenvalue weighted by atomic mass is 35.5. The molecule has 0 bridgehead atoms. The number of aliphatic imine (C=N–C) groups is 1. The number of nitrogens with zero attached hydrogens (tertiary/aromatic N) is 1. The lowest BCUT2D eigenvalue weighted by atomic mass is 10.1. The number of rotatable bonds is 1.